The molecule has 1 aliphatic rings. The molecular formula is C12H15NO4. The number of carboxylic acids is 1. The standard InChI is InChI=1S/C12H15NO4/c1-17-9-4-2-8(3-5-9)12(16)6-10(11(14)15)13-7-12/h2-5,10,13,16H,6-7H2,1H3,(H,14,15)/t10-,12-/m1/s1. The summed E-state index contributed by atoms with van der Waals surface area (Å²) in [6, 6.07) is 6.32. The summed E-state index contributed by atoms with van der Waals surface area (Å²) < 4.78 is 5.03. The summed E-state index contributed by atoms with van der Waals surface area (Å²) in [5.74, 6) is -0.229. The highest BCUT2D eigenvalue weighted by atomic mass is 16.5. The van der Waals surface area contributed by atoms with Crippen LogP contribution in [0.2, 0.25) is 0 Å². The molecule has 1 fully saturated rings. The van der Waals surface area contributed by atoms with Crippen LogP contribution in [0.25, 0.3) is 0 Å². The zero-order valence-electron chi connectivity index (χ0n) is 9.51. The number of carboxylic acid groups (broad SMARTS) is 1. The Morgan fingerprint density at radius 3 is 2.59 bits per heavy atom. The minimum absolute atomic E-state index is 0.175. The van der Waals surface area contributed by atoms with Crippen LogP contribution in [-0.4, -0.2) is 35.9 Å². The monoisotopic (exact) mass is 237 g/mol. The number of aliphatic hydroxyl groups is 1. The van der Waals surface area contributed by atoms with E-state index in [9.17, 15) is 9.90 Å². The maximum atomic E-state index is 10.8. The van der Waals surface area contributed by atoms with Crippen LogP contribution in [-0.2, 0) is 10.4 Å². The quantitative estimate of drug-likeness (QED) is 0.706. The molecule has 0 unspecified atom stereocenters. The normalized spacial score (nSPS) is 28.0. The maximum absolute atomic E-state index is 10.8. The number of rotatable bonds is 3. The van der Waals surface area contributed by atoms with E-state index < -0.39 is 17.6 Å². The first-order valence-corrected chi connectivity index (χ1v) is 5.38. The number of carbonyl (C=O) groups is 1. The molecule has 0 aromatic heterocycles. The topological polar surface area (TPSA) is 78.8 Å². The molecule has 92 valence electrons. The van der Waals surface area contributed by atoms with Gasteiger partial charge in [0.2, 0.25) is 0 Å². The van der Waals surface area contributed by atoms with Crippen molar-refractivity contribution < 1.29 is 19.7 Å². The predicted octanol–water partition coefficient (Wildman–Crippen LogP) is 0.329. The van der Waals surface area contributed by atoms with Crippen molar-refractivity contribution in [3.63, 3.8) is 0 Å². The molecule has 1 aromatic rings. The van der Waals surface area contributed by atoms with Crippen LogP contribution in [0.4, 0.5) is 0 Å². The largest absolute Gasteiger partial charge is 0.497 e. The lowest BCUT2D eigenvalue weighted by Gasteiger charge is -2.22. The van der Waals surface area contributed by atoms with E-state index in [4.69, 9.17) is 9.84 Å². The van der Waals surface area contributed by atoms with Gasteiger partial charge in [0.25, 0.3) is 0 Å². The molecule has 2 atom stereocenters. The fourth-order valence-corrected chi connectivity index (χ4v) is 2.07. The lowest BCUT2D eigenvalue weighted by atomic mass is 9.91. The van der Waals surface area contributed by atoms with Gasteiger partial charge in [-0.3, -0.25) is 4.79 Å². The molecule has 17 heavy (non-hydrogen) atoms. The summed E-state index contributed by atoms with van der Waals surface area (Å²) in [6.07, 6.45) is 0.175. The molecule has 0 bridgehead atoms. The number of methoxy groups -OCH3 is 1. The third-order valence-corrected chi connectivity index (χ3v) is 3.11. The van der Waals surface area contributed by atoms with Gasteiger partial charge in [0.05, 0.1) is 7.11 Å². The van der Waals surface area contributed by atoms with Gasteiger partial charge in [-0.2, -0.15) is 0 Å². The van der Waals surface area contributed by atoms with Gasteiger partial charge in [0, 0.05) is 13.0 Å². The molecule has 1 aromatic carbocycles. The third kappa shape index (κ3) is 2.25. The summed E-state index contributed by atoms with van der Waals surface area (Å²) in [6.45, 7) is 0.246. The lowest BCUT2D eigenvalue weighted by molar-refractivity contribution is -0.139. The summed E-state index contributed by atoms with van der Waals surface area (Å²) >= 11 is 0. The summed E-state index contributed by atoms with van der Waals surface area (Å²) in [5.41, 5.74) is -0.412. The van der Waals surface area contributed by atoms with Crippen LogP contribution in [0, 0.1) is 0 Å². The minimum Gasteiger partial charge on any atom is -0.497 e. The van der Waals surface area contributed by atoms with Crippen molar-refractivity contribution in [2.45, 2.75) is 18.1 Å². The van der Waals surface area contributed by atoms with Crippen molar-refractivity contribution in [1.29, 1.82) is 0 Å². The first-order chi connectivity index (χ1) is 8.05. The number of aliphatic carboxylic acids is 1. The van der Waals surface area contributed by atoms with Crippen LogP contribution in [0.15, 0.2) is 24.3 Å². The molecule has 0 saturated carbocycles. The molecule has 1 heterocycles. The molecule has 5 heteroatoms. The maximum Gasteiger partial charge on any atom is 0.320 e. The Morgan fingerprint density at radius 2 is 2.12 bits per heavy atom. The number of ether oxygens (including phenoxy) is 1. The molecule has 1 saturated heterocycles. The first kappa shape index (κ1) is 11.9. The van der Waals surface area contributed by atoms with E-state index in [2.05, 4.69) is 5.32 Å². The lowest BCUT2D eigenvalue weighted by Crippen LogP contribution is -2.30. The molecule has 0 aliphatic carbocycles. The van der Waals surface area contributed by atoms with E-state index in [1.54, 1.807) is 31.4 Å². The van der Waals surface area contributed by atoms with Gasteiger partial charge in [-0.15, -0.1) is 0 Å². The van der Waals surface area contributed by atoms with Crippen molar-refractivity contribution >= 4 is 5.97 Å². The minimum atomic E-state index is -1.12. The van der Waals surface area contributed by atoms with Gasteiger partial charge < -0.3 is 20.3 Å². The molecule has 3 N–H and O–H groups in total. The number of β-amino-alcohol motifs (C(OH)–C–C–N with tert-alkyl or cyclic N) is 1. The van der Waals surface area contributed by atoms with Crippen molar-refractivity contribution in [3.8, 4) is 5.75 Å². The van der Waals surface area contributed by atoms with Gasteiger partial charge in [-0.1, -0.05) is 12.1 Å². The SMILES string of the molecule is COc1ccc([C@]2(O)CN[C@@H](C(=O)O)C2)cc1. The highest BCUT2D eigenvalue weighted by Crippen LogP contribution is 2.31. The molecular weight excluding hydrogens is 222 g/mol. The van der Waals surface area contributed by atoms with Crippen LogP contribution in [0.5, 0.6) is 5.75 Å². The highest BCUT2D eigenvalue weighted by molar-refractivity contribution is 5.74. The van der Waals surface area contributed by atoms with Gasteiger partial charge in [0.1, 0.15) is 17.4 Å². The molecule has 0 radical (unpaired) electrons. The van der Waals surface area contributed by atoms with Crippen LogP contribution < -0.4 is 10.1 Å². The average Bonchev–Trinajstić information content (AvgIpc) is 2.74. The Bertz CT molecular complexity index is 417. The first-order valence-electron chi connectivity index (χ1n) is 5.38. The fourth-order valence-electron chi connectivity index (χ4n) is 2.07. The zero-order chi connectivity index (χ0) is 12.5. The highest BCUT2D eigenvalue weighted by Gasteiger charge is 2.41. The third-order valence-electron chi connectivity index (χ3n) is 3.11. The van der Waals surface area contributed by atoms with Crippen LogP contribution >= 0.6 is 0 Å². The van der Waals surface area contributed by atoms with E-state index in [1.165, 1.54) is 0 Å². The van der Waals surface area contributed by atoms with Gasteiger partial charge in [-0.05, 0) is 17.7 Å². The van der Waals surface area contributed by atoms with E-state index in [0.29, 0.717) is 11.3 Å². The summed E-state index contributed by atoms with van der Waals surface area (Å²) in [4.78, 5) is 10.8. The molecule has 5 nitrogen and oxygen atoms in total. The fraction of sp³-hybridized carbons (Fsp3) is 0.417. The Kier molecular flexibility index (Phi) is 3.04. The van der Waals surface area contributed by atoms with E-state index in [1.807, 2.05) is 0 Å². The van der Waals surface area contributed by atoms with Crippen molar-refractivity contribution in [1.82, 2.24) is 5.32 Å². The Balaban J connectivity index is 2.18. The second kappa shape index (κ2) is 4.35. The molecule has 0 spiro atoms. The number of hydrogen-bond acceptors (Lipinski definition) is 4. The van der Waals surface area contributed by atoms with E-state index in [0.717, 1.165) is 0 Å². The van der Waals surface area contributed by atoms with Crippen LogP contribution in [0.3, 0.4) is 0 Å². The second-order valence-electron chi connectivity index (χ2n) is 4.24. The van der Waals surface area contributed by atoms with Gasteiger partial charge in [0.15, 0.2) is 0 Å². The second-order valence-corrected chi connectivity index (χ2v) is 4.24. The number of nitrogens with one attached hydrogen (secondary N) is 1. The number of hydrogen-bond donors (Lipinski definition) is 3. The van der Waals surface area contributed by atoms with Crippen molar-refractivity contribution in [3.05, 3.63) is 29.8 Å². The smallest absolute Gasteiger partial charge is 0.320 e. The average molecular weight is 237 g/mol. The zero-order valence-corrected chi connectivity index (χ0v) is 9.51. The Hall–Kier alpha value is -1.59. The predicted molar refractivity (Wildman–Crippen MR) is 60.9 cm³/mol. The van der Waals surface area contributed by atoms with Crippen LogP contribution in [0.1, 0.15) is 12.0 Å². The Morgan fingerprint density at radius 1 is 1.47 bits per heavy atom. The van der Waals surface area contributed by atoms with Crippen molar-refractivity contribution in [2.24, 2.45) is 0 Å². The van der Waals surface area contributed by atoms with Gasteiger partial charge in [-0.25, -0.2) is 0 Å². The summed E-state index contributed by atoms with van der Waals surface area (Å²) in [7, 11) is 1.57. The molecule has 2 rings (SSSR count). The molecule has 1 aliphatic heterocycles. The van der Waals surface area contributed by atoms with E-state index >= 15 is 0 Å². The Labute approximate surface area is 99.0 Å². The van der Waals surface area contributed by atoms with E-state index in [-0.39, 0.29) is 13.0 Å². The number of benzene rings is 1. The summed E-state index contributed by atoms with van der Waals surface area (Å²) in [5, 5.41) is 22.1. The molecule has 0 amide bonds. The van der Waals surface area contributed by atoms with Crippen molar-refractivity contribution in [2.75, 3.05) is 13.7 Å². The van der Waals surface area contributed by atoms with Gasteiger partial charge >= 0.3 is 5.97 Å².